The third-order valence-electron chi connectivity index (χ3n) is 2.41. The first kappa shape index (κ1) is 10.4. The zero-order valence-electron chi connectivity index (χ0n) is 7.91. The summed E-state index contributed by atoms with van der Waals surface area (Å²) in [5.41, 5.74) is 0. The van der Waals surface area contributed by atoms with Gasteiger partial charge in [-0.15, -0.1) is 0 Å². The van der Waals surface area contributed by atoms with Crippen LogP contribution >= 0.6 is 0 Å². The van der Waals surface area contributed by atoms with Gasteiger partial charge in [-0.2, -0.15) is 0 Å². The van der Waals surface area contributed by atoms with E-state index < -0.39 is 5.92 Å². The molecule has 0 bridgehead atoms. The summed E-state index contributed by atoms with van der Waals surface area (Å²) < 4.78 is 9.72. The van der Waals surface area contributed by atoms with Crippen molar-refractivity contribution in [1.29, 1.82) is 0 Å². The van der Waals surface area contributed by atoms with E-state index in [9.17, 15) is 10.0 Å². The van der Waals surface area contributed by atoms with E-state index >= 15 is 0 Å². The number of hydroxylamine groups is 2. The number of nitrogens with one attached hydrogen (secondary N) is 1. The van der Waals surface area contributed by atoms with E-state index in [1.807, 2.05) is 0 Å². The summed E-state index contributed by atoms with van der Waals surface area (Å²) in [6, 6.07) is 0. The van der Waals surface area contributed by atoms with Crippen LogP contribution < -0.4 is 5.06 Å². The van der Waals surface area contributed by atoms with Crippen molar-refractivity contribution in [3.05, 3.63) is 5.21 Å². The quantitative estimate of drug-likeness (QED) is 0.427. The smallest absolute Gasteiger partial charge is 0.317 e. The summed E-state index contributed by atoms with van der Waals surface area (Å²) in [5.74, 6) is -0.754. The lowest BCUT2D eigenvalue weighted by Gasteiger charge is -2.35. The summed E-state index contributed by atoms with van der Waals surface area (Å²) >= 11 is 0. The average Bonchev–Trinajstić information content (AvgIpc) is 2.16. The van der Waals surface area contributed by atoms with Crippen LogP contribution in [0, 0.1) is 11.1 Å². The first-order valence-electron chi connectivity index (χ1n) is 4.31. The van der Waals surface area contributed by atoms with Gasteiger partial charge in [0.1, 0.15) is 5.92 Å². The van der Waals surface area contributed by atoms with Crippen LogP contribution in [0.15, 0.2) is 0 Å². The number of rotatable bonds is 2. The number of piperidine rings is 1. The van der Waals surface area contributed by atoms with Crippen LogP contribution in [0.5, 0.6) is 0 Å². The molecule has 3 unspecified atom stereocenters. The van der Waals surface area contributed by atoms with Gasteiger partial charge in [0.05, 0.1) is 26.3 Å². The van der Waals surface area contributed by atoms with Gasteiger partial charge in [0.25, 0.3) is 0 Å². The zero-order valence-corrected chi connectivity index (χ0v) is 7.91. The van der Waals surface area contributed by atoms with Gasteiger partial charge in [-0.3, -0.25) is 4.79 Å². The summed E-state index contributed by atoms with van der Waals surface area (Å²) in [6.07, 6.45) is 0.458. The standard InChI is InChI=1S/C8H15NO4/c1-12-7-3-4-9(11)5-6(7)8(10)13-2/h6-7,9H,3-5H2,1-2H3. The van der Waals surface area contributed by atoms with Crippen LogP contribution in [0.2, 0.25) is 0 Å². The van der Waals surface area contributed by atoms with E-state index in [-0.39, 0.29) is 23.7 Å². The lowest BCUT2D eigenvalue weighted by atomic mass is 9.96. The summed E-state index contributed by atoms with van der Waals surface area (Å²) in [5, 5.41) is 11.2. The molecule has 5 heteroatoms. The zero-order chi connectivity index (χ0) is 9.84. The van der Waals surface area contributed by atoms with E-state index in [4.69, 9.17) is 4.74 Å². The number of carbonyl (C=O) groups is 1. The highest BCUT2D eigenvalue weighted by molar-refractivity contribution is 5.73. The minimum absolute atomic E-state index is 0.115. The van der Waals surface area contributed by atoms with Gasteiger partial charge in [0.15, 0.2) is 0 Å². The fourth-order valence-corrected chi connectivity index (χ4v) is 1.65. The maximum absolute atomic E-state index is 11.2. The van der Waals surface area contributed by atoms with Crippen molar-refractivity contribution >= 4 is 5.97 Å². The molecular weight excluding hydrogens is 174 g/mol. The Bertz CT molecular complexity index is 185. The van der Waals surface area contributed by atoms with E-state index in [0.29, 0.717) is 13.0 Å². The van der Waals surface area contributed by atoms with Crippen molar-refractivity contribution in [3.8, 4) is 0 Å². The molecule has 13 heavy (non-hydrogen) atoms. The average molecular weight is 189 g/mol. The Morgan fingerprint density at radius 3 is 2.77 bits per heavy atom. The van der Waals surface area contributed by atoms with Gasteiger partial charge in [-0.05, 0) is 0 Å². The van der Waals surface area contributed by atoms with Gasteiger partial charge in [0, 0.05) is 13.5 Å². The molecule has 1 heterocycles. The topological polar surface area (TPSA) is 63.0 Å². The molecule has 1 saturated heterocycles. The minimum atomic E-state index is -0.406. The monoisotopic (exact) mass is 189 g/mol. The minimum Gasteiger partial charge on any atom is -0.634 e. The molecule has 76 valence electrons. The second-order valence-electron chi connectivity index (χ2n) is 3.19. The highest BCUT2D eigenvalue weighted by Gasteiger charge is 2.35. The van der Waals surface area contributed by atoms with Crippen LogP contribution in [-0.2, 0) is 14.3 Å². The molecular formula is C8H15NO4. The first-order chi connectivity index (χ1) is 6.19. The van der Waals surface area contributed by atoms with Crippen LogP contribution in [0.3, 0.4) is 0 Å². The van der Waals surface area contributed by atoms with Crippen molar-refractivity contribution in [3.63, 3.8) is 0 Å². The van der Waals surface area contributed by atoms with E-state index in [2.05, 4.69) is 4.74 Å². The lowest BCUT2D eigenvalue weighted by molar-refractivity contribution is -0.858. The Morgan fingerprint density at radius 1 is 1.54 bits per heavy atom. The molecule has 0 amide bonds. The first-order valence-corrected chi connectivity index (χ1v) is 4.31. The molecule has 1 N–H and O–H groups in total. The number of hydrogen-bond acceptors (Lipinski definition) is 4. The summed E-state index contributed by atoms with van der Waals surface area (Å²) in [7, 11) is 2.88. The third-order valence-corrected chi connectivity index (χ3v) is 2.41. The maximum Gasteiger partial charge on any atom is 0.317 e. The van der Waals surface area contributed by atoms with Crippen molar-refractivity contribution in [2.75, 3.05) is 27.3 Å². The molecule has 1 aliphatic rings. The molecule has 0 saturated carbocycles. The second kappa shape index (κ2) is 4.55. The number of methoxy groups -OCH3 is 2. The second-order valence-corrected chi connectivity index (χ2v) is 3.19. The van der Waals surface area contributed by atoms with Crippen molar-refractivity contribution in [2.24, 2.45) is 5.92 Å². The fraction of sp³-hybridized carbons (Fsp3) is 0.875. The molecule has 1 rings (SSSR count). The van der Waals surface area contributed by atoms with Gasteiger partial charge in [-0.25, -0.2) is 0 Å². The number of ether oxygens (including phenoxy) is 2. The highest BCUT2D eigenvalue weighted by atomic mass is 16.5. The molecule has 5 nitrogen and oxygen atoms in total. The molecule has 0 aromatic heterocycles. The number of quaternary nitrogens is 1. The van der Waals surface area contributed by atoms with Crippen molar-refractivity contribution in [1.82, 2.24) is 0 Å². The van der Waals surface area contributed by atoms with Crippen LogP contribution in [0.25, 0.3) is 0 Å². The molecule has 0 radical (unpaired) electrons. The van der Waals surface area contributed by atoms with Gasteiger partial charge >= 0.3 is 5.97 Å². The number of hydrogen-bond donors (Lipinski definition) is 1. The fourth-order valence-electron chi connectivity index (χ4n) is 1.65. The Morgan fingerprint density at radius 2 is 2.23 bits per heavy atom. The van der Waals surface area contributed by atoms with Gasteiger partial charge in [-0.1, -0.05) is 0 Å². The largest absolute Gasteiger partial charge is 0.634 e. The molecule has 0 spiro atoms. The molecule has 1 fully saturated rings. The highest BCUT2D eigenvalue weighted by Crippen LogP contribution is 2.13. The van der Waals surface area contributed by atoms with E-state index in [0.717, 1.165) is 0 Å². The van der Waals surface area contributed by atoms with Crippen molar-refractivity contribution in [2.45, 2.75) is 12.5 Å². The summed E-state index contributed by atoms with van der Waals surface area (Å²) in [4.78, 5) is 11.2. The third kappa shape index (κ3) is 2.40. The van der Waals surface area contributed by atoms with Crippen LogP contribution in [0.1, 0.15) is 6.42 Å². The van der Waals surface area contributed by atoms with E-state index in [1.54, 1.807) is 7.11 Å². The Kier molecular flexibility index (Phi) is 3.65. The number of esters is 1. The summed E-state index contributed by atoms with van der Waals surface area (Å²) in [6.45, 7) is 0.761. The van der Waals surface area contributed by atoms with Crippen molar-refractivity contribution < 1.29 is 19.3 Å². The van der Waals surface area contributed by atoms with Gasteiger partial charge in [0.2, 0.25) is 0 Å². The Balaban J connectivity index is 2.59. The van der Waals surface area contributed by atoms with Crippen LogP contribution in [0.4, 0.5) is 0 Å². The predicted octanol–water partition coefficient (Wildman–Crippen LogP) is -1.42. The van der Waals surface area contributed by atoms with Crippen LogP contribution in [-0.4, -0.2) is 39.4 Å². The normalized spacial score (nSPS) is 34.2. The molecule has 0 aliphatic carbocycles. The maximum atomic E-state index is 11.2. The number of carbonyl (C=O) groups excluding carboxylic acids is 1. The molecule has 1 aliphatic heterocycles. The molecule has 0 aromatic rings. The Hall–Kier alpha value is -0.650. The molecule has 0 aromatic carbocycles. The van der Waals surface area contributed by atoms with Gasteiger partial charge < -0.3 is 19.7 Å². The predicted molar refractivity (Wildman–Crippen MR) is 45.0 cm³/mol. The Labute approximate surface area is 77.2 Å². The lowest BCUT2D eigenvalue weighted by Crippen LogP contribution is -3.09. The van der Waals surface area contributed by atoms with E-state index in [1.165, 1.54) is 7.11 Å². The SMILES string of the molecule is COC(=O)C1C[NH+]([O-])CCC1OC. The molecule has 3 atom stereocenters.